The van der Waals surface area contributed by atoms with E-state index in [2.05, 4.69) is 0 Å². The molecule has 0 aromatic carbocycles. The predicted molar refractivity (Wildman–Crippen MR) is 67.9 cm³/mol. The summed E-state index contributed by atoms with van der Waals surface area (Å²) >= 11 is 0. The molecule has 0 aliphatic heterocycles. The second-order valence-electron chi connectivity index (χ2n) is 5.03. The summed E-state index contributed by atoms with van der Waals surface area (Å²) in [7, 11) is 0. The average molecular weight is 245 g/mol. The minimum Gasteiger partial charge on any atom is -0.388 e. The van der Waals surface area contributed by atoms with Crippen molar-refractivity contribution in [1.82, 2.24) is 0 Å². The van der Waals surface area contributed by atoms with E-state index in [-0.39, 0.29) is 6.10 Å². The molecule has 0 spiro atoms. The Balaban J connectivity index is 2.17. The molecule has 0 heterocycles. The van der Waals surface area contributed by atoms with Crippen molar-refractivity contribution in [2.75, 3.05) is 26.4 Å². The lowest BCUT2D eigenvalue weighted by Gasteiger charge is -2.28. The van der Waals surface area contributed by atoms with Gasteiger partial charge in [0.15, 0.2) is 0 Å². The highest BCUT2D eigenvalue weighted by molar-refractivity contribution is 4.92. The van der Waals surface area contributed by atoms with Crippen LogP contribution in [0.1, 0.15) is 39.5 Å². The van der Waals surface area contributed by atoms with Crippen molar-refractivity contribution in [3.63, 3.8) is 0 Å². The SMILES string of the molecule is CCOCC(C)OCCC1CCCC1(O)CN. The molecule has 17 heavy (non-hydrogen) atoms. The van der Waals surface area contributed by atoms with E-state index in [1.165, 1.54) is 0 Å². The van der Waals surface area contributed by atoms with Gasteiger partial charge < -0.3 is 20.3 Å². The van der Waals surface area contributed by atoms with Crippen LogP contribution in [-0.2, 0) is 9.47 Å². The van der Waals surface area contributed by atoms with Gasteiger partial charge in [-0.1, -0.05) is 6.42 Å². The van der Waals surface area contributed by atoms with Gasteiger partial charge in [0.05, 0.1) is 18.3 Å². The molecular weight excluding hydrogens is 218 g/mol. The van der Waals surface area contributed by atoms with Gasteiger partial charge >= 0.3 is 0 Å². The maximum Gasteiger partial charge on any atom is 0.0798 e. The molecule has 1 rings (SSSR count). The summed E-state index contributed by atoms with van der Waals surface area (Å²) in [5.74, 6) is 0.298. The zero-order chi connectivity index (χ0) is 12.7. The van der Waals surface area contributed by atoms with Crippen molar-refractivity contribution >= 4 is 0 Å². The highest BCUT2D eigenvalue weighted by atomic mass is 16.5. The van der Waals surface area contributed by atoms with Crippen molar-refractivity contribution in [3.8, 4) is 0 Å². The van der Waals surface area contributed by atoms with Gasteiger partial charge in [-0.3, -0.25) is 0 Å². The molecule has 4 heteroatoms. The van der Waals surface area contributed by atoms with E-state index in [0.29, 0.717) is 25.7 Å². The Hall–Kier alpha value is -0.160. The number of ether oxygens (including phenoxy) is 2. The molecule has 1 saturated carbocycles. The minimum absolute atomic E-state index is 0.127. The Morgan fingerprint density at radius 3 is 2.94 bits per heavy atom. The lowest BCUT2D eigenvalue weighted by atomic mass is 9.88. The fourth-order valence-electron chi connectivity index (χ4n) is 2.55. The molecule has 0 bridgehead atoms. The van der Waals surface area contributed by atoms with Crippen LogP contribution in [0.25, 0.3) is 0 Å². The third-order valence-electron chi connectivity index (χ3n) is 3.70. The molecule has 1 fully saturated rings. The third-order valence-corrected chi connectivity index (χ3v) is 3.70. The van der Waals surface area contributed by atoms with Gasteiger partial charge in [-0.2, -0.15) is 0 Å². The summed E-state index contributed by atoms with van der Waals surface area (Å²) in [4.78, 5) is 0. The minimum atomic E-state index is -0.646. The predicted octanol–water partition coefficient (Wildman–Crippen LogP) is 1.31. The first kappa shape index (κ1) is 14.9. The Labute approximate surface area is 104 Å². The first-order chi connectivity index (χ1) is 8.12. The molecule has 0 aromatic rings. The van der Waals surface area contributed by atoms with Crippen LogP contribution in [-0.4, -0.2) is 43.2 Å². The van der Waals surface area contributed by atoms with Crippen LogP contribution in [0.4, 0.5) is 0 Å². The summed E-state index contributed by atoms with van der Waals surface area (Å²) in [5, 5.41) is 10.3. The van der Waals surface area contributed by atoms with Gasteiger partial charge in [0.2, 0.25) is 0 Å². The van der Waals surface area contributed by atoms with E-state index in [4.69, 9.17) is 15.2 Å². The van der Waals surface area contributed by atoms with Crippen molar-refractivity contribution in [3.05, 3.63) is 0 Å². The molecule has 4 nitrogen and oxygen atoms in total. The maximum atomic E-state index is 10.3. The molecule has 3 N–H and O–H groups in total. The number of nitrogens with two attached hydrogens (primary N) is 1. The van der Waals surface area contributed by atoms with Crippen molar-refractivity contribution in [2.24, 2.45) is 11.7 Å². The fraction of sp³-hybridized carbons (Fsp3) is 1.00. The van der Waals surface area contributed by atoms with Gasteiger partial charge in [0.25, 0.3) is 0 Å². The van der Waals surface area contributed by atoms with E-state index >= 15 is 0 Å². The van der Waals surface area contributed by atoms with Crippen molar-refractivity contribution < 1.29 is 14.6 Å². The second kappa shape index (κ2) is 7.31. The number of aliphatic hydroxyl groups is 1. The van der Waals surface area contributed by atoms with Crippen molar-refractivity contribution in [2.45, 2.75) is 51.2 Å². The van der Waals surface area contributed by atoms with Crippen LogP contribution in [0.5, 0.6) is 0 Å². The molecule has 0 aromatic heterocycles. The van der Waals surface area contributed by atoms with Gasteiger partial charge in [-0.15, -0.1) is 0 Å². The summed E-state index contributed by atoms with van der Waals surface area (Å²) in [5.41, 5.74) is 5.00. The molecular formula is C13H27NO3. The number of hydrogen-bond acceptors (Lipinski definition) is 4. The molecule has 1 aliphatic carbocycles. The number of hydrogen-bond donors (Lipinski definition) is 2. The van der Waals surface area contributed by atoms with Gasteiger partial charge in [-0.25, -0.2) is 0 Å². The van der Waals surface area contributed by atoms with E-state index in [0.717, 1.165) is 32.3 Å². The quantitative estimate of drug-likeness (QED) is 0.676. The zero-order valence-corrected chi connectivity index (χ0v) is 11.2. The van der Waals surface area contributed by atoms with Gasteiger partial charge in [-0.05, 0) is 39.0 Å². The third kappa shape index (κ3) is 4.54. The van der Waals surface area contributed by atoms with Crippen LogP contribution in [0.3, 0.4) is 0 Å². The molecule has 0 radical (unpaired) electrons. The van der Waals surface area contributed by atoms with E-state index in [9.17, 15) is 5.11 Å². The molecule has 102 valence electrons. The number of rotatable bonds is 8. The molecule has 1 aliphatic rings. The Bertz CT molecular complexity index is 213. The standard InChI is InChI=1S/C13H27NO3/c1-3-16-9-11(2)17-8-6-12-5-4-7-13(12,15)10-14/h11-12,15H,3-10,14H2,1-2H3. The molecule has 0 saturated heterocycles. The van der Waals surface area contributed by atoms with Crippen LogP contribution in [0.2, 0.25) is 0 Å². The average Bonchev–Trinajstić information content (AvgIpc) is 2.69. The van der Waals surface area contributed by atoms with Gasteiger partial charge in [0.1, 0.15) is 0 Å². The molecule has 3 atom stereocenters. The molecule has 0 amide bonds. The Morgan fingerprint density at radius 1 is 1.53 bits per heavy atom. The highest BCUT2D eigenvalue weighted by Gasteiger charge is 2.39. The first-order valence-electron chi connectivity index (χ1n) is 6.74. The highest BCUT2D eigenvalue weighted by Crippen LogP contribution is 2.37. The zero-order valence-electron chi connectivity index (χ0n) is 11.2. The van der Waals surface area contributed by atoms with Crippen LogP contribution in [0.15, 0.2) is 0 Å². The van der Waals surface area contributed by atoms with Crippen LogP contribution < -0.4 is 5.73 Å². The van der Waals surface area contributed by atoms with Crippen LogP contribution >= 0.6 is 0 Å². The van der Waals surface area contributed by atoms with Crippen molar-refractivity contribution in [1.29, 1.82) is 0 Å². The first-order valence-corrected chi connectivity index (χ1v) is 6.74. The van der Waals surface area contributed by atoms with Gasteiger partial charge in [0, 0.05) is 19.8 Å². The summed E-state index contributed by atoms with van der Waals surface area (Å²) in [6, 6.07) is 0. The van der Waals surface area contributed by atoms with E-state index < -0.39 is 5.60 Å². The largest absolute Gasteiger partial charge is 0.388 e. The Morgan fingerprint density at radius 2 is 2.29 bits per heavy atom. The summed E-state index contributed by atoms with van der Waals surface area (Å²) in [6.07, 6.45) is 4.00. The lowest BCUT2D eigenvalue weighted by molar-refractivity contribution is -0.0317. The normalized spacial score (nSPS) is 30.7. The second-order valence-corrected chi connectivity index (χ2v) is 5.03. The molecule has 3 unspecified atom stereocenters. The summed E-state index contributed by atoms with van der Waals surface area (Å²) in [6.45, 7) is 6.41. The van der Waals surface area contributed by atoms with Crippen LogP contribution in [0, 0.1) is 5.92 Å². The monoisotopic (exact) mass is 245 g/mol. The maximum absolute atomic E-state index is 10.3. The summed E-state index contributed by atoms with van der Waals surface area (Å²) < 4.78 is 11.0. The topological polar surface area (TPSA) is 64.7 Å². The Kier molecular flexibility index (Phi) is 6.41. The van der Waals surface area contributed by atoms with E-state index in [1.807, 2.05) is 13.8 Å². The smallest absolute Gasteiger partial charge is 0.0798 e. The van der Waals surface area contributed by atoms with E-state index in [1.54, 1.807) is 0 Å². The fourth-order valence-corrected chi connectivity index (χ4v) is 2.55. The lowest BCUT2D eigenvalue weighted by Crippen LogP contribution is -2.41.